The van der Waals surface area contributed by atoms with Crippen molar-refractivity contribution in [3.63, 3.8) is 0 Å². The van der Waals surface area contributed by atoms with E-state index in [2.05, 4.69) is 5.32 Å². The number of nitrogens with one attached hydrogen (secondary N) is 1. The molecule has 0 aliphatic carbocycles. The van der Waals surface area contributed by atoms with Crippen LogP contribution < -0.4 is 5.32 Å². The summed E-state index contributed by atoms with van der Waals surface area (Å²) in [6, 6.07) is 5.61. The van der Waals surface area contributed by atoms with Crippen LogP contribution >= 0.6 is 11.6 Å². The molecule has 0 aliphatic rings. The fourth-order valence-corrected chi connectivity index (χ4v) is 2.29. The van der Waals surface area contributed by atoms with Gasteiger partial charge in [-0.05, 0) is 37.7 Å². The van der Waals surface area contributed by atoms with Gasteiger partial charge in [0.25, 0.3) is 0 Å². The third kappa shape index (κ3) is 2.67. The van der Waals surface area contributed by atoms with Gasteiger partial charge in [-0.15, -0.1) is 0 Å². The van der Waals surface area contributed by atoms with Crippen molar-refractivity contribution in [2.75, 3.05) is 7.05 Å². The fraction of sp³-hybridized carbons (Fsp3) is 0.200. The van der Waals surface area contributed by atoms with Crippen LogP contribution in [0.2, 0.25) is 5.02 Å². The van der Waals surface area contributed by atoms with Gasteiger partial charge in [-0.2, -0.15) is 0 Å². The predicted octanol–water partition coefficient (Wildman–Crippen LogP) is 4.37. The van der Waals surface area contributed by atoms with Crippen molar-refractivity contribution in [3.8, 4) is 0 Å². The quantitative estimate of drug-likeness (QED) is 0.887. The molecule has 0 saturated carbocycles. The monoisotopic (exact) mass is 299 g/mol. The van der Waals surface area contributed by atoms with Gasteiger partial charge in [-0.3, -0.25) is 0 Å². The van der Waals surface area contributed by atoms with E-state index >= 15 is 0 Å². The maximum atomic E-state index is 14.2. The molecule has 0 spiro atoms. The Balaban J connectivity index is 2.61. The molecule has 0 radical (unpaired) electrons. The van der Waals surface area contributed by atoms with Crippen molar-refractivity contribution in [3.05, 3.63) is 69.5 Å². The Hall–Kier alpha value is -1.52. The van der Waals surface area contributed by atoms with Gasteiger partial charge in [0.2, 0.25) is 0 Å². The van der Waals surface area contributed by atoms with Gasteiger partial charge in [0.15, 0.2) is 0 Å². The number of hydrogen-bond acceptors (Lipinski definition) is 1. The molecule has 1 atom stereocenters. The van der Waals surface area contributed by atoms with Gasteiger partial charge >= 0.3 is 0 Å². The molecule has 106 valence electrons. The third-order valence-electron chi connectivity index (χ3n) is 3.17. The summed E-state index contributed by atoms with van der Waals surface area (Å²) in [5, 5.41) is 2.97. The summed E-state index contributed by atoms with van der Waals surface area (Å²) in [6.45, 7) is 1.53. The van der Waals surface area contributed by atoms with Gasteiger partial charge in [-0.1, -0.05) is 23.7 Å². The van der Waals surface area contributed by atoms with Crippen LogP contribution in [0.15, 0.2) is 30.3 Å². The standard InChI is InChI=1S/C15H13ClF3N/c1-8-3-6-11(17)13(14(8)19)15(20-2)10-5-4-9(16)7-12(10)18/h3-7,15,20H,1-2H3. The molecule has 0 aliphatic heterocycles. The van der Waals surface area contributed by atoms with E-state index in [-0.39, 0.29) is 16.1 Å². The average Bonchev–Trinajstić information content (AvgIpc) is 2.40. The molecule has 0 aromatic heterocycles. The van der Waals surface area contributed by atoms with Crippen LogP contribution in [-0.2, 0) is 0 Å². The van der Waals surface area contributed by atoms with Crippen molar-refractivity contribution < 1.29 is 13.2 Å². The topological polar surface area (TPSA) is 12.0 Å². The summed E-state index contributed by atoms with van der Waals surface area (Å²) in [6.07, 6.45) is 0. The second kappa shape index (κ2) is 5.85. The highest BCUT2D eigenvalue weighted by Gasteiger charge is 2.24. The summed E-state index contributed by atoms with van der Waals surface area (Å²) in [5.74, 6) is -2.02. The van der Waals surface area contributed by atoms with Gasteiger partial charge in [0, 0.05) is 16.1 Å². The molecule has 0 saturated heterocycles. The highest BCUT2D eigenvalue weighted by Crippen LogP contribution is 2.30. The Kier molecular flexibility index (Phi) is 4.35. The van der Waals surface area contributed by atoms with E-state index in [0.29, 0.717) is 5.56 Å². The van der Waals surface area contributed by atoms with E-state index < -0.39 is 23.5 Å². The molecule has 2 aromatic carbocycles. The molecule has 2 rings (SSSR count). The summed E-state index contributed by atoms with van der Waals surface area (Å²) >= 11 is 5.69. The zero-order valence-corrected chi connectivity index (χ0v) is 11.7. The highest BCUT2D eigenvalue weighted by atomic mass is 35.5. The summed E-state index contributed by atoms with van der Waals surface area (Å²) < 4.78 is 42.1. The number of hydrogen-bond donors (Lipinski definition) is 1. The lowest BCUT2D eigenvalue weighted by Crippen LogP contribution is -2.22. The third-order valence-corrected chi connectivity index (χ3v) is 3.41. The summed E-state index contributed by atoms with van der Waals surface area (Å²) in [4.78, 5) is 0. The second-order valence-corrected chi connectivity index (χ2v) is 4.92. The lowest BCUT2D eigenvalue weighted by molar-refractivity contribution is 0.504. The van der Waals surface area contributed by atoms with E-state index in [4.69, 9.17) is 11.6 Å². The van der Waals surface area contributed by atoms with Crippen molar-refractivity contribution in [1.82, 2.24) is 5.32 Å². The smallest absolute Gasteiger partial charge is 0.134 e. The first-order valence-electron chi connectivity index (χ1n) is 6.02. The Bertz CT molecular complexity index is 643. The lowest BCUT2D eigenvalue weighted by atomic mass is 9.95. The van der Waals surface area contributed by atoms with Crippen LogP contribution in [0.1, 0.15) is 22.7 Å². The Labute approximate surface area is 120 Å². The van der Waals surface area contributed by atoms with E-state index in [0.717, 1.165) is 6.07 Å². The number of halogens is 4. The van der Waals surface area contributed by atoms with Crippen LogP contribution in [0.3, 0.4) is 0 Å². The molecule has 0 bridgehead atoms. The largest absolute Gasteiger partial charge is 0.309 e. The average molecular weight is 300 g/mol. The minimum Gasteiger partial charge on any atom is -0.309 e. The van der Waals surface area contributed by atoms with Gasteiger partial charge in [0.05, 0.1) is 6.04 Å². The Morgan fingerprint density at radius 1 is 1.05 bits per heavy atom. The van der Waals surface area contributed by atoms with Gasteiger partial charge < -0.3 is 5.32 Å². The molecule has 0 heterocycles. The molecular formula is C15H13ClF3N. The van der Waals surface area contributed by atoms with Crippen LogP contribution in [0.4, 0.5) is 13.2 Å². The van der Waals surface area contributed by atoms with Crippen molar-refractivity contribution >= 4 is 11.6 Å². The summed E-state index contributed by atoms with van der Waals surface area (Å²) in [5.41, 5.74) is 0.241. The molecule has 2 aromatic rings. The van der Waals surface area contributed by atoms with Crippen LogP contribution in [0, 0.1) is 24.4 Å². The van der Waals surface area contributed by atoms with Gasteiger partial charge in [-0.25, -0.2) is 13.2 Å². The maximum Gasteiger partial charge on any atom is 0.134 e. The molecule has 1 unspecified atom stereocenters. The first kappa shape index (κ1) is 14.9. The molecule has 5 heteroatoms. The minimum absolute atomic E-state index is 0.139. The summed E-state index contributed by atoms with van der Waals surface area (Å²) in [7, 11) is 1.51. The Morgan fingerprint density at radius 3 is 2.35 bits per heavy atom. The Morgan fingerprint density at radius 2 is 1.75 bits per heavy atom. The van der Waals surface area contributed by atoms with Crippen LogP contribution in [0.25, 0.3) is 0 Å². The van der Waals surface area contributed by atoms with Crippen molar-refractivity contribution in [2.24, 2.45) is 0 Å². The fourth-order valence-electron chi connectivity index (χ4n) is 2.13. The zero-order chi connectivity index (χ0) is 14.9. The highest BCUT2D eigenvalue weighted by molar-refractivity contribution is 6.30. The normalized spacial score (nSPS) is 12.5. The predicted molar refractivity (Wildman–Crippen MR) is 73.4 cm³/mol. The molecule has 20 heavy (non-hydrogen) atoms. The number of aryl methyl sites for hydroxylation is 1. The lowest BCUT2D eigenvalue weighted by Gasteiger charge is -2.20. The first-order valence-corrected chi connectivity index (χ1v) is 6.40. The second-order valence-electron chi connectivity index (χ2n) is 4.48. The van der Waals surface area contributed by atoms with E-state index in [9.17, 15) is 13.2 Å². The molecule has 0 amide bonds. The van der Waals surface area contributed by atoms with Crippen molar-refractivity contribution in [1.29, 1.82) is 0 Å². The van der Waals surface area contributed by atoms with E-state index in [1.54, 1.807) is 0 Å². The minimum atomic E-state index is -0.924. The number of benzene rings is 2. The van der Waals surface area contributed by atoms with Crippen LogP contribution in [0.5, 0.6) is 0 Å². The molecule has 1 N–H and O–H groups in total. The van der Waals surface area contributed by atoms with Crippen molar-refractivity contribution in [2.45, 2.75) is 13.0 Å². The molecule has 0 fully saturated rings. The molecule has 1 nitrogen and oxygen atoms in total. The van der Waals surface area contributed by atoms with E-state index in [1.807, 2.05) is 0 Å². The first-order chi connectivity index (χ1) is 9.45. The van der Waals surface area contributed by atoms with E-state index in [1.165, 1.54) is 38.2 Å². The van der Waals surface area contributed by atoms with Crippen LogP contribution in [-0.4, -0.2) is 7.05 Å². The zero-order valence-electron chi connectivity index (χ0n) is 11.0. The SMILES string of the molecule is CNC(c1ccc(Cl)cc1F)c1c(F)ccc(C)c1F. The maximum absolute atomic E-state index is 14.2. The number of rotatable bonds is 3. The molecular weight excluding hydrogens is 287 g/mol. The van der Waals surface area contributed by atoms with Gasteiger partial charge in [0.1, 0.15) is 17.5 Å².